The third-order valence-corrected chi connectivity index (χ3v) is 4.73. The van der Waals surface area contributed by atoms with Crippen molar-refractivity contribution in [2.24, 2.45) is 0 Å². The Balaban J connectivity index is 2.97. The Morgan fingerprint density at radius 1 is 0.800 bits per heavy atom. The molecule has 35 heavy (non-hydrogen) atoms. The molecule has 1 N–H and O–H groups in total. The van der Waals surface area contributed by atoms with Crippen LogP contribution in [-0.4, -0.2) is 55.2 Å². The van der Waals surface area contributed by atoms with Gasteiger partial charge in [-0.3, -0.25) is 10.1 Å². The summed E-state index contributed by atoms with van der Waals surface area (Å²) in [5.41, 5.74) is -1.95. The van der Waals surface area contributed by atoms with Gasteiger partial charge in [-0.1, -0.05) is 12.1 Å². The Labute approximate surface area is 201 Å². The van der Waals surface area contributed by atoms with E-state index in [9.17, 15) is 29.3 Å². The highest BCUT2D eigenvalue weighted by atomic mass is 16.6. The van der Waals surface area contributed by atoms with Gasteiger partial charge in [0.15, 0.2) is 0 Å². The Morgan fingerprint density at radius 2 is 1.23 bits per heavy atom. The van der Waals surface area contributed by atoms with E-state index in [-0.39, 0.29) is 48.8 Å². The number of benzene rings is 1. The van der Waals surface area contributed by atoms with Gasteiger partial charge in [-0.05, 0) is 33.3 Å². The summed E-state index contributed by atoms with van der Waals surface area (Å²) in [7, 11) is 0. The molecule has 0 unspecified atom stereocenters. The molecule has 0 saturated heterocycles. The summed E-state index contributed by atoms with van der Waals surface area (Å²) in [6.45, 7) is 5.85. The van der Waals surface area contributed by atoms with Gasteiger partial charge in [-0.2, -0.15) is 0 Å². The lowest BCUT2D eigenvalue weighted by molar-refractivity contribution is -0.384. The van der Waals surface area contributed by atoms with Crippen LogP contribution in [-0.2, 0) is 38.1 Å². The fourth-order valence-corrected chi connectivity index (χ4v) is 3.43. The van der Waals surface area contributed by atoms with Gasteiger partial charge in [-0.25, -0.2) is 19.2 Å². The maximum absolute atomic E-state index is 13.1. The molecule has 0 radical (unpaired) electrons. The number of nitro groups is 1. The molecule has 0 saturated carbocycles. The number of hydrogen-bond donors (Lipinski definition) is 1. The predicted octanol–water partition coefficient (Wildman–Crippen LogP) is 2.04. The zero-order valence-electron chi connectivity index (χ0n) is 19.7. The van der Waals surface area contributed by atoms with Gasteiger partial charge >= 0.3 is 23.9 Å². The average Bonchev–Trinajstić information content (AvgIpc) is 2.83. The second kappa shape index (κ2) is 12.3. The van der Waals surface area contributed by atoms with Crippen molar-refractivity contribution in [3.05, 3.63) is 62.5 Å². The molecule has 188 valence electrons. The van der Waals surface area contributed by atoms with Gasteiger partial charge in [-0.15, -0.1) is 0 Å². The molecule has 0 atom stereocenters. The Morgan fingerprint density at radius 3 is 1.63 bits per heavy atom. The summed E-state index contributed by atoms with van der Waals surface area (Å²) in [5.74, 6) is -5.45. The van der Waals surface area contributed by atoms with Crippen LogP contribution in [0.25, 0.3) is 0 Å². The molecular formula is C23H26N2O10. The van der Waals surface area contributed by atoms with Crippen LogP contribution >= 0.6 is 0 Å². The Kier molecular flexibility index (Phi) is 9.50. The van der Waals surface area contributed by atoms with E-state index in [2.05, 4.69) is 5.32 Å². The highest BCUT2D eigenvalue weighted by Crippen LogP contribution is 2.41. The topological polar surface area (TPSA) is 160 Å². The van der Waals surface area contributed by atoms with E-state index in [0.717, 1.165) is 6.07 Å². The number of dihydropyridines is 1. The van der Waals surface area contributed by atoms with Crippen molar-refractivity contribution < 1.29 is 43.0 Å². The fourth-order valence-electron chi connectivity index (χ4n) is 3.43. The van der Waals surface area contributed by atoms with E-state index < -0.39 is 46.1 Å². The minimum absolute atomic E-state index is 0.0647. The minimum atomic E-state index is -1.45. The standard InChI is InChI=1S/C23H26N2O10/c1-5-32-20(26)16-15(13-10-9-11-14(12-13)25(30)31)17(21(27)33-6-2)19(23(29)35-8-4)24-18(16)22(28)34-7-3/h9-12,15,24H,5-8H2,1-4H3. The lowest BCUT2D eigenvalue weighted by atomic mass is 9.79. The number of esters is 4. The number of carbonyl (C=O) groups is 4. The zero-order chi connectivity index (χ0) is 26.1. The molecule has 0 aliphatic carbocycles. The van der Waals surface area contributed by atoms with Crippen LogP contribution in [0.1, 0.15) is 39.2 Å². The van der Waals surface area contributed by atoms with Crippen molar-refractivity contribution in [2.75, 3.05) is 26.4 Å². The van der Waals surface area contributed by atoms with Crippen LogP contribution in [0.2, 0.25) is 0 Å². The van der Waals surface area contributed by atoms with E-state index in [4.69, 9.17) is 18.9 Å². The first-order chi connectivity index (χ1) is 16.7. The molecule has 1 aromatic rings. The SMILES string of the molecule is CCOC(=O)C1=C(C(=O)OCC)C(c2cccc([N+](=O)[O-])c2)C(C(=O)OCC)=C(C(=O)OCC)N1. The number of nitrogens with zero attached hydrogens (tertiary/aromatic N) is 1. The molecule has 0 aromatic heterocycles. The molecule has 12 nitrogen and oxygen atoms in total. The average molecular weight is 490 g/mol. The molecule has 1 aromatic carbocycles. The van der Waals surface area contributed by atoms with Crippen molar-refractivity contribution in [1.29, 1.82) is 0 Å². The summed E-state index contributed by atoms with van der Waals surface area (Å²) in [5, 5.41) is 13.9. The van der Waals surface area contributed by atoms with Crippen LogP contribution in [0.4, 0.5) is 5.69 Å². The first kappa shape index (κ1) is 27.0. The van der Waals surface area contributed by atoms with Gasteiger partial charge in [0, 0.05) is 12.1 Å². The number of nitrogens with one attached hydrogen (secondary N) is 1. The Bertz CT molecular complexity index is 1030. The molecule has 1 heterocycles. The molecule has 1 aliphatic heterocycles. The van der Waals surface area contributed by atoms with Crippen molar-refractivity contribution in [1.82, 2.24) is 5.32 Å². The smallest absolute Gasteiger partial charge is 0.355 e. The van der Waals surface area contributed by atoms with E-state index in [1.165, 1.54) is 45.9 Å². The van der Waals surface area contributed by atoms with Gasteiger partial charge in [0.2, 0.25) is 0 Å². The van der Waals surface area contributed by atoms with E-state index in [0.29, 0.717) is 0 Å². The summed E-state index contributed by atoms with van der Waals surface area (Å²) < 4.78 is 20.4. The first-order valence-electron chi connectivity index (χ1n) is 10.9. The van der Waals surface area contributed by atoms with Crippen LogP contribution in [0.5, 0.6) is 0 Å². The molecule has 0 bridgehead atoms. The summed E-state index contributed by atoms with van der Waals surface area (Å²) in [6.07, 6.45) is 0. The van der Waals surface area contributed by atoms with Gasteiger partial charge in [0.25, 0.3) is 5.69 Å². The van der Waals surface area contributed by atoms with Gasteiger partial charge in [0.05, 0.1) is 48.4 Å². The zero-order valence-corrected chi connectivity index (χ0v) is 19.7. The highest BCUT2D eigenvalue weighted by Gasteiger charge is 2.44. The molecular weight excluding hydrogens is 464 g/mol. The largest absolute Gasteiger partial charge is 0.463 e. The predicted molar refractivity (Wildman–Crippen MR) is 120 cm³/mol. The van der Waals surface area contributed by atoms with Crippen molar-refractivity contribution in [2.45, 2.75) is 33.6 Å². The Hall–Kier alpha value is -4.22. The number of carbonyl (C=O) groups excluding carboxylic acids is 4. The molecule has 0 spiro atoms. The number of ether oxygens (including phenoxy) is 4. The quantitative estimate of drug-likeness (QED) is 0.221. The lowest BCUT2D eigenvalue weighted by Gasteiger charge is -2.30. The third kappa shape index (κ3) is 6.02. The number of non-ortho nitro benzene ring substituents is 1. The molecule has 2 rings (SSSR count). The van der Waals surface area contributed by atoms with E-state index >= 15 is 0 Å². The normalized spacial score (nSPS) is 13.6. The minimum Gasteiger partial charge on any atom is -0.463 e. The van der Waals surface area contributed by atoms with Crippen molar-refractivity contribution in [3.63, 3.8) is 0 Å². The maximum Gasteiger partial charge on any atom is 0.355 e. The van der Waals surface area contributed by atoms with Crippen LogP contribution in [0.15, 0.2) is 46.8 Å². The fraction of sp³-hybridized carbons (Fsp3) is 0.391. The summed E-state index contributed by atoms with van der Waals surface area (Å²) in [4.78, 5) is 62.6. The van der Waals surface area contributed by atoms with Crippen LogP contribution < -0.4 is 5.32 Å². The molecule has 12 heteroatoms. The number of rotatable bonds is 10. The number of nitro benzene ring substituents is 1. The van der Waals surface area contributed by atoms with Crippen molar-refractivity contribution >= 4 is 29.6 Å². The van der Waals surface area contributed by atoms with E-state index in [1.807, 2.05) is 0 Å². The van der Waals surface area contributed by atoms with Crippen molar-refractivity contribution in [3.8, 4) is 0 Å². The summed E-state index contributed by atoms with van der Waals surface area (Å²) in [6, 6.07) is 5.09. The molecule has 0 amide bonds. The second-order valence-electron chi connectivity index (χ2n) is 6.87. The van der Waals surface area contributed by atoms with Crippen LogP contribution in [0, 0.1) is 10.1 Å². The third-order valence-electron chi connectivity index (χ3n) is 4.73. The summed E-state index contributed by atoms with van der Waals surface area (Å²) >= 11 is 0. The van der Waals surface area contributed by atoms with Crippen LogP contribution in [0.3, 0.4) is 0 Å². The number of hydrogen-bond acceptors (Lipinski definition) is 11. The van der Waals surface area contributed by atoms with E-state index in [1.54, 1.807) is 0 Å². The molecule has 0 fully saturated rings. The second-order valence-corrected chi connectivity index (χ2v) is 6.87. The first-order valence-corrected chi connectivity index (χ1v) is 10.9. The monoisotopic (exact) mass is 490 g/mol. The molecule has 1 aliphatic rings. The van der Waals surface area contributed by atoms with Gasteiger partial charge < -0.3 is 24.3 Å². The highest BCUT2D eigenvalue weighted by molar-refractivity contribution is 6.10. The lowest BCUT2D eigenvalue weighted by Crippen LogP contribution is -2.40. The van der Waals surface area contributed by atoms with Gasteiger partial charge in [0.1, 0.15) is 11.4 Å². The maximum atomic E-state index is 13.1.